The van der Waals surface area contributed by atoms with Crippen LogP contribution in [0.2, 0.25) is 0 Å². The molecule has 138 valence electrons. The van der Waals surface area contributed by atoms with Crippen molar-refractivity contribution in [1.82, 2.24) is 0 Å². The number of esters is 3. The molecule has 1 aliphatic heterocycles. The number of aliphatic hydroxyl groups is 1. The zero-order valence-corrected chi connectivity index (χ0v) is 15.1. The lowest BCUT2D eigenvalue weighted by atomic mass is 9.65. The van der Waals surface area contributed by atoms with Gasteiger partial charge in [-0.15, -0.1) is 0 Å². The van der Waals surface area contributed by atoms with Crippen molar-refractivity contribution in [2.45, 2.75) is 45.8 Å². The summed E-state index contributed by atoms with van der Waals surface area (Å²) in [6, 6.07) is 0. The third kappa shape index (κ3) is 2.32. The van der Waals surface area contributed by atoms with Gasteiger partial charge >= 0.3 is 17.9 Å². The number of hydrogen-bond acceptors (Lipinski definition) is 7. The molecule has 3 fully saturated rings. The van der Waals surface area contributed by atoms with Gasteiger partial charge in [-0.05, 0) is 26.2 Å². The van der Waals surface area contributed by atoms with Crippen LogP contribution in [-0.4, -0.2) is 48.4 Å². The smallest absolute Gasteiger partial charge is 0.338 e. The number of fused-ring (bicyclic) bond motifs is 3. The first-order valence-electron chi connectivity index (χ1n) is 8.42. The van der Waals surface area contributed by atoms with E-state index in [1.807, 2.05) is 13.8 Å². The Morgan fingerprint density at radius 1 is 1.28 bits per heavy atom. The summed E-state index contributed by atoms with van der Waals surface area (Å²) in [6.45, 7) is 6.35. The number of methoxy groups -OCH3 is 1. The van der Waals surface area contributed by atoms with E-state index in [9.17, 15) is 19.5 Å². The van der Waals surface area contributed by atoms with Gasteiger partial charge in [0, 0.05) is 36.4 Å². The molecule has 1 saturated heterocycles. The molecule has 7 heteroatoms. The van der Waals surface area contributed by atoms with Crippen LogP contribution in [0.1, 0.15) is 34.1 Å². The highest BCUT2D eigenvalue weighted by Gasteiger charge is 2.77. The molecule has 3 rings (SSSR count). The Morgan fingerprint density at radius 3 is 2.44 bits per heavy atom. The van der Waals surface area contributed by atoms with Gasteiger partial charge in [0.05, 0.1) is 12.7 Å². The van der Waals surface area contributed by atoms with Crippen molar-refractivity contribution in [2.24, 2.45) is 23.2 Å². The van der Waals surface area contributed by atoms with Crippen LogP contribution in [0.25, 0.3) is 0 Å². The van der Waals surface area contributed by atoms with Gasteiger partial charge in [-0.2, -0.15) is 0 Å². The van der Waals surface area contributed by atoms with E-state index in [-0.39, 0.29) is 29.6 Å². The van der Waals surface area contributed by atoms with E-state index in [2.05, 4.69) is 0 Å². The summed E-state index contributed by atoms with van der Waals surface area (Å²) in [5.74, 6) is -2.02. The summed E-state index contributed by atoms with van der Waals surface area (Å²) in [6.07, 6.45) is -0.0908. The summed E-state index contributed by atoms with van der Waals surface area (Å²) in [4.78, 5) is 36.4. The van der Waals surface area contributed by atoms with Gasteiger partial charge in [0.1, 0.15) is 11.7 Å². The molecular formula is C18H24O7. The average Bonchev–Trinajstić information content (AvgIpc) is 3.31. The van der Waals surface area contributed by atoms with Crippen LogP contribution in [0, 0.1) is 23.2 Å². The molecule has 0 aromatic carbocycles. The Hall–Kier alpha value is -1.89. The first kappa shape index (κ1) is 17.9. The van der Waals surface area contributed by atoms with Crippen molar-refractivity contribution in [3.8, 4) is 0 Å². The molecule has 0 amide bonds. The lowest BCUT2D eigenvalue weighted by Crippen LogP contribution is -2.58. The first-order chi connectivity index (χ1) is 11.6. The van der Waals surface area contributed by atoms with E-state index in [4.69, 9.17) is 14.2 Å². The number of hydrogen-bond donors (Lipinski definition) is 1. The van der Waals surface area contributed by atoms with Crippen LogP contribution in [-0.2, 0) is 28.6 Å². The molecule has 0 bridgehead atoms. The topological polar surface area (TPSA) is 99.1 Å². The molecular weight excluding hydrogens is 328 g/mol. The molecule has 7 nitrogen and oxygen atoms in total. The Balaban J connectivity index is 2.16. The van der Waals surface area contributed by atoms with E-state index in [0.29, 0.717) is 0 Å². The maximum atomic E-state index is 12.7. The largest absolute Gasteiger partial charge is 0.466 e. The second kappa shape index (κ2) is 5.56. The zero-order chi connectivity index (χ0) is 18.7. The average molecular weight is 352 g/mol. The second-order valence-corrected chi connectivity index (χ2v) is 7.72. The van der Waals surface area contributed by atoms with Crippen molar-refractivity contribution >= 4 is 17.9 Å². The molecule has 2 saturated carbocycles. The molecule has 2 aliphatic carbocycles. The van der Waals surface area contributed by atoms with E-state index >= 15 is 0 Å². The lowest BCUT2D eigenvalue weighted by molar-refractivity contribution is -0.193. The monoisotopic (exact) mass is 352 g/mol. The molecule has 0 spiro atoms. The van der Waals surface area contributed by atoms with Gasteiger partial charge in [0.2, 0.25) is 0 Å². The quantitative estimate of drug-likeness (QED) is 0.459. The van der Waals surface area contributed by atoms with E-state index in [1.54, 1.807) is 0 Å². The highest BCUT2D eigenvalue weighted by atomic mass is 16.6. The van der Waals surface area contributed by atoms with Crippen LogP contribution >= 0.6 is 0 Å². The maximum Gasteiger partial charge on any atom is 0.338 e. The van der Waals surface area contributed by atoms with Crippen molar-refractivity contribution in [1.29, 1.82) is 0 Å². The maximum absolute atomic E-state index is 12.7. The van der Waals surface area contributed by atoms with Crippen LogP contribution in [0.5, 0.6) is 0 Å². The van der Waals surface area contributed by atoms with Crippen LogP contribution in [0.4, 0.5) is 0 Å². The van der Waals surface area contributed by atoms with Gasteiger partial charge in [-0.25, -0.2) is 9.59 Å². The van der Waals surface area contributed by atoms with Crippen LogP contribution < -0.4 is 0 Å². The fourth-order valence-electron chi connectivity index (χ4n) is 5.15. The van der Waals surface area contributed by atoms with Crippen molar-refractivity contribution < 1.29 is 33.7 Å². The minimum atomic E-state index is -0.951. The van der Waals surface area contributed by atoms with Crippen LogP contribution in [0.15, 0.2) is 11.1 Å². The van der Waals surface area contributed by atoms with E-state index in [0.717, 1.165) is 6.42 Å². The van der Waals surface area contributed by atoms with E-state index < -0.39 is 40.9 Å². The number of aliphatic hydroxyl groups excluding tert-OH is 1. The van der Waals surface area contributed by atoms with Crippen molar-refractivity contribution in [3.63, 3.8) is 0 Å². The summed E-state index contributed by atoms with van der Waals surface area (Å²) >= 11 is 0. The third-order valence-corrected chi connectivity index (χ3v) is 6.35. The molecule has 0 unspecified atom stereocenters. The Labute approximate surface area is 146 Å². The Morgan fingerprint density at radius 2 is 1.92 bits per heavy atom. The predicted octanol–water partition coefficient (Wildman–Crippen LogP) is 0.988. The summed E-state index contributed by atoms with van der Waals surface area (Å²) in [5, 5.41) is 10.1. The van der Waals surface area contributed by atoms with Gasteiger partial charge < -0.3 is 19.3 Å². The summed E-state index contributed by atoms with van der Waals surface area (Å²) in [7, 11) is 1.22. The second-order valence-electron chi connectivity index (χ2n) is 7.72. The molecule has 0 aromatic rings. The molecule has 3 aliphatic rings. The van der Waals surface area contributed by atoms with Gasteiger partial charge in [0.15, 0.2) is 0 Å². The highest BCUT2D eigenvalue weighted by Crippen LogP contribution is 2.72. The number of ether oxygens (including phenoxy) is 3. The molecule has 25 heavy (non-hydrogen) atoms. The Bertz CT molecular complexity index is 681. The fraction of sp³-hybridized carbons (Fsp3) is 0.722. The fourth-order valence-corrected chi connectivity index (χ4v) is 5.15. The highest BCUT2D eigenvalue weighted by molar-refractivity contribution is 6.01. The van der Waals surface area contributed by atoms with Crippen molar-refractivity contribution in [3.05, 3.63) is 11.1 Å². The predicted molar refractivity (Wildman–Crippen MR) is 85.0 cm³/mol. The number of rotatable bonds is 3. The van der Waals surface area contributed by atoms with Gasteiger partial charge in [0.25, 0.3) is 0 Å². The van der Waals surface area contributed by atoms with Gasteiger partial charge in [-0.1, -0.05) is 6.92 Å². The summed E-state index contributed by atoms with van der Waals surface area (Å²) < 4.78 is 16.0. The Kier molecular flexibility index (Phi) is 3.98. The van der Waals surface area contributed by atoms with E-state index in [1.165, 1.54) is 21.0 Å². The normalized spacial score (nSPS) is 43.5. The van der Waals surface area contributed by atoms with Gasteiger partial charge in [-0.3, -0.25) is 4.79 Å². The number of carbonyl (C=O) groups is 3. The number of carbonyl (C=O) groups excluding carboxylic acids is 3. The SMILES string of the molecule is COC(=O)/C(C)=C1\C(=O)O[C@]2(C)[C@H]([C@H]1OC(C)=O)[C@@](C)(CO)[C@@H]1C[C@@H]12. The molecule has 1 heterocycles. The zero-order valence-electron chi connectivity index (χ0n) is 15.1. The molecule has 0 aromatic heterocycles. The minimum absolute atomic E-state index is 0.00509. The minimum Gasteiger partial charge on any atom is -0.466 e. The third-order valence-electron chi connectivity index (χ3n) is 6.35. The summed E-state index contributed by atoms with van der Waals surface area (Å²) in [5.41, 5.74) is -1.34. The first-order valence-corrected chi connectivity index (χ1v) is 8.42. The van der Waals surface area contributed by atoms with Crippen molar-refractivity contribution in [2.75, 3.05) is 13.7 Å². The molecule has 6 atom stereocenters. The van der Waals surface area contributed by atoms with Crippen LogP contribution in [0.3, 0.4) is 0 Å². The molecule has 0 radical (unpaired) electrons. The standard InChI is InChI=1S/C18H24O7/c1-8(15(21)23-5)12-13(24-9(2)20)14-17(3,7-19)10-6-11(10)18(14,4)25-16(12)22/h10-11,13-14,19H,6-7H2,1-5H3/b12-8-/t10-,11+,13+,14-,17+,18+/m1/s1. The lowest BCUT2D eigenvalue weighted by Gasteiger charge is -2.48. The molecule has 1 N–H and O–H groups in total.